The molecule has 6 atom stereocenters. The van der Waals surface area contributed by atoms with E-state index in [0.29, 0.717) is 35.5 Å². The van der Waals surface area contributed by atoms with Gasteiger partial charge in [0.05, 0.1) is 11.8 Å². The standard InChI is InChI=1S/2C11H20O2.CH4.H2S.W/c2*1-7(2)9-5-4-8(3)6-10(9)11(12)13;;;/h2*7-10H,4-6H2,1-3H3,(H,12,13);1H4;1H2;/p-1/t8-,9+,10+;8-,9+,10-;;;/m11.../s1. The Morgan fingerprint density at radius 2 is 1.00 bits per heavy atom. The maximum atomic E-state index is 11.0. The third-order valence-electron chi connectivity index (χ3n) is 6.68. The van der Waals surface area contributed by atoms with E-state index in [9.17, 15) is 9.59 Å². The summed E-state index contributed by atoms with van der Waals surface area (Å²) in [6, 6.07) is 0. The summed E-state index contributed by atoms with van der Waals surface area (Å²) in [5, 5.41) is 18.2. The SMILES string of the molecule is C.CC(C)[C@@H]1CC[C@@H](C)C[C@@H]1C(=O)O.CC(C)[C@@H]1CC[C@@H](C)C[C@H]1C(=O)O.[SH-].[W]. The first-order chi connectivity index (χ1) is 12.0. The molecule has 29 heavy (non-hydrogen) atoms. The Labute approximate surface area is 200 Å². The van der Waals surface area contributed by atoms with Crippen LogP contribution in [0.25, 0.3) is 0 Å². The summed E-state index contributed by atoms with van der Waals surface area (Å²) in [5.41, 5.74) is 0. The quantitative estimate of drug-likeness (QED) is 0.309. The molecule has 2 aliphatic carbocycles. The van der Waals surface area contributed by atoms with Crippen molar-refractivity contribution in [1.82, 2.24) is 0 Å². The molecule has 0 bridgehead atoms. The molecule has 0 heterocycles. The van der Waals surface area contributed by atoms with Crippen LogP contribution in [0.2, 0.25) is 0 Å². The van der Waals surface area contributed by atoms with Gasteiger partial charge in [0.15, 0.2) is 0 Å². The Hall–Kier alpha value is -0.0217. The Morgan fingerprint density at radius 3 is 1.21 bits per heavy atom. The maximum Gasteiger partial charge on any atom is 0.306 e. The van der Waals surface area contributed by atoms with Gasteiger partial charge >= 0.3 is 11.9 Å². The Bertz CT molecular complexity index is 428. The van der Waals surface area contributed by atoms with E-state index < -0.39 is 11.9 Å². The summed E-state index contributed by atoms with van der Waals surface area (Å²) in [5.74, 6) is 1.62. The summed E-state index contributed by atoms with van der Waals surface area (Å²) in [6.07, 6.45) is 6.33. The Morgan fingerprint density at radius 1 is 0.724 bits per heavy atom. The van der Waals surface area contributed by atoms with Gasteiger partial charge in [-0.2, -0.15) is 0 Å². The topological polar surface area (TPSA) is 74.6 Å². The van der Waals surface area contributed by atoms with Gasteiger partial charge in [-0.15, -0.1) is 0 Å². The van der Waals surface area contributed by atoms with E-state index in [1.165, 1.54) is 12.8 Å². The fraction of sp³-hybridized carbons (Fsp3) is 0.913. The van der Waals surface area contributed by atoms with Gasteiger partial charge < -0.3 is 23.7 Å². The van der Waals surface area contributed by atoms with Crippen LogP contribution in [0.3, 0.4) is 0 Å². The van der Waals surface area contributed by atoms with Gasteiger partial charge in [-0.1, -0.05) is 61.8 Å². The fourth-order valence-corrected chi connectivity index (χ4v) is 4.97. The number of carboxylic acid groups (broad SMARTS) is 2. The molecular formula is C23H45O4SW-. The second-order valence-corrected chi connectivity index (χ2v) is 9.54. The largest absolute Gasteiger partial charge is 0.813 e. The summed E-state index contributed by atoms with van der Waals surface area (Å²) in [4.78, 5) is 22.0. The first-order valence-electron chi connectivity index (χ1n) is 10.5. The van der Waals surface area contributed by atoms with Crippen molar-refractivity contribution < 1.29 is 40.9 Å². The molecule has 0 amide bonds. The van der Waals surface area contributed by atoms with Crippen molar-refractivity contribution in [3.05, 3.63) is 0 Å². The van der Waals surface area contributed by atoms with E-state index in [2.05, 4.69) is 41.5 Å². The van der Waals surface area contributed by atoms with E-state index in [1.54, 1.807) is 0 Å². The van der Waals surface area contributed by atoms with Gasteiger partial charge in [-0.3, -0.25) is 9.59 Å². The van der Waals surface area contributed by atoms with Crippen molar-refractivity contribution in [2.24, 2.45) is 47.3 Å². The summed E-state index contributed by atoms with van der Waals surface area (Å²) < 4.78 is 0. The van der Waals surface area contributed by atoms with Crippen LogP contribution in [0.15, 0.2) is 0 Å². The zero-order valence-electron chi connectivity index (χ0n) is 18.4. The van der Waals surface area contributed by atoms with E-state index in [0.717, 1.165) is 25.7 Å². The molecule has 0 aromatic carbocycles. The molecule has 0 radical (unpaired) electrons. The molecule has 174 valence electrons. The van der Waals surface area contributed by atoms with Gasteiger partial charge in [0.25, 0.3) is 0 Å². The van der Waals surface area contributed by atoms with Gasteiger partial charge in [0.2, 0.25) is 0 Å². The molecule has 0 aromatic rings. The first kappa shape index (κ1) is 33.6. The molecule has 4 nitrogen and oxygen atoms in total. The number of hydrogen-bond donors (Lipinski definition) is 2. The van der Waals surface area contributed by atoms with E-state index >= 15 is 0 Å². The van der Waals surface area contributed by atoms with Crippen LogP contribution in [0.1, 0.15) is 87.5 Å². The van der Waals surface area contributed by atoms with Crippen molar-refractivity contribution in [2.75, 3.05) is 0 Å². The number of carboxylic acids is 2. The molecule has 0 unspecified atom stereocenters. The van der Waals surface area contributed by atoms with Crippen LogP contribution in [0.4, 0.5) is 0 Å². The molecule has 2 fully saturated rings. The molecule has 6 heteroatoms. The predicted octanol–water partition coefficient (Wildman–Crippen LogP) is 5.92. The van der Waals surface area contributed by atoms with Crippen LogP contribution in [0, 0.1) is 47.3 Å². The fourth-order valence-electron chi connectivity index (χ4n) is 4.97. The normalized spacial score (nSPS) is 31.3. The zero-order chi connectivity index (χ0) is 20.0. The Kier molecular flexibility index (Phi) is 18.2. The van der Waals surface area contributed by atoms with Crippen LogP contribution in [-0.2, 0) is 44.2 Å². The minimum absolute atomic E-state index is 0. The molecule has 2 N–H and O–H groups in total. The number of carbonyl (C=O) groups is 2. The van der Waals surface area contributed by atoms with Crippen molar-refractivity contribution >= 4 is 25.4 Å². The second kappa shape index (κ2) is 15.7. The second-order valence-electron chi connectivity index (χ2n) is 9.54. The zero-order valence-corrected chi connectivity index (χ0v) is 22.3. The van der Waals surface area contributed by atoms with Crippen molar-refractivity contribution in [3.63, 3.8) is 0 Å². The number of thiol groups is 1. The van der Waals surface area contributed by atoms with E-state index in [4.69, 9.17) is 10.2 Å². The number of aliphatic carboxylic acids is 2. The van der Waals surface area contributed by atoms with Gasteiger partial charge in [-0.05, 0) is 61.2 Å². The average molecular weight is 602 g/mol. The van der Waals surface area contributed by atoms with Gasteiger partial charge in [0, 0.05) is 21.1 Å². The molecule has 0 spiro atoms. The summed E-state index contributed by atoms with van der Waals surface area (Å²) in [7, 11) is 0. The molecule has 2 rings (SSSR count). The summed E-state index contributed by atoms with van der Waals surface area (Å²) >= 11 is 0. The molecular weight excluding hydrogens is 556 g/mol. The number of rotatable bonds is 4. The van der Waals surface area contributed by atoms with Crippen molar-refractivity contribution in [3.8, 4) is 0 Å². The third-order valence-corrected chi connectivity index (χ3v) is 6.68. The Balaban J connectivity index is -0.000000422. The monoisotopic (exact) mass is 601 g/mol. The first-order valence-corrected chi connectivity index (χ1v) is 10.5. The predicted molar refractivity (Wildman–Crippen MR) is 120 cm³/mol. The minimum Gasteiger partial charge on any atom is -0.813 e. The third kappa shape index (κ3) is 10.7. The van der Waals surface area contributed by atoms with E-state index in [1.807, 2.05) is 0 Å². The molecule has 0 aromatic heterocycles. The van der Waals surface area contributed by atoms with Crippen LogP contribution >= 0.6 is 0 Å². The minimum atomic E-state index is -0.592. The molecule has 2 saturated carbocycles. The molecule has 0 saturated heterocycles. The van der Waals surface area contributed by atoms with Crippen LogP contribution in [-0.4, -0.2) is 22.2 Å². The smallest absolute Gasteiger partial charge is 0.306 e. The van der Waals surface area contributed by atoms with E-state index in [-0.39, 0.29) is 53.8 Å². The average Bonchev–Trinajstić information content (AvgIpc) is 2.54. The van der Waals surface area contributed by atoms with Crippen LogP contribution in [0.5, 0.6) is 0 Å². The molecule has 2 aliphatic rings. The maximum absolute atomic E-state index is 11.0. The van der Waals surface area contributed by atoms with Crippen molar-refractivity contribution in [2.45, 2.75) is 87.5 Å². The number of hydrogen-bond acceptors (Lipinski definition) is 3. The van der Waals surface area contributed by atoms with Crippen LogP contribution < -0.4 is 0 Å². The van der Waals surface area contributed by atoms with Gasteiger partial charge in [-0.25, -0.2) is 0 Å². The van der Waals surface area contributed by atoms with Crippen molar-refractivity contribution in [1.29, 1.82) is 0 Å². The molecule has 0 aliphatic heterocycles. The van der Waals surface area contributed by atoms with Gasteiger partial charge in [0.1, 0.15) is 0 Å². The summed E-state index contributed by atoms with van der Waals surface area (Å²) in [6.45, 7) is 12.9.